The van der Waals surface area contributed by atoms with E-state index in [4.69, 9.17) is 9.47 Å². The van der Waals surface area contributed by atoms with Crippen LogP contribution in [0.3, 0.4) is 0 Å². The molecule has 7 nitrogen and oxygen atoms in total. The Balaban J connectivity index is 1.99. The fraction of sp³-hybridized carbons (Fsp3) is 0.500. The van der Waals surface area contributed by atoms with Crippen LogP contribution in [-0.2, 0) is 22.3 Å². The van der Waals surface area contributed by atoms with Crippen LogP contribution < -0.4 is 5.32 Å². The molecule has 1 saturated heterocycles. The van der Waals surface area contributed by atoms with E-state index in [0.29, 0.717) is 23.4 Å². The molecule has 2 heterocycles. The van der Waals surface area contributed by atoms with Crippen molar-refractivity contribution in [2.75, 3.05) is 6.54 Å². The first-order valence-corrected chi connectivity index (χ1v) is 11.6. The lowest BCUT2D eigenvalue weighted by atomic mass is 9.95. The van der Waals surface area contributed by atoms with Crippen molar-refractivity contribution >= 4 is 12.0 Å². The lowest BCUT2D eigenvalue weighted by Crippen LogP contribution is -2.51. The van der Waals surface area contributed by atoms with Gasteiger partial charge in [-0.25, -0.2) is 9.18 Å². The standard InChI is InChI=1S/C26H34FN3O4/c1-7-28-23(31)18-12-10-14-29-20(18)16-22-21(15-17-11-8-9-13-19(17)27)30(26(5,6)33-22)24(32)34-25(2,3)4/h8-14,21-22H,7,15-16H2,1-6H3,(H,28,31)/t21-,22+/m1/s1. The zero-order chi connectivity index (χ0) is 25.1. The highest BCUT2D eigenvalue weighted by Crippen LogP contribution is 2.37. The first-order valence-electron chi connectivity index (χ1n) is 11.6. The van der Waals surface area contributed by atoms with Crippen molar-refractivity contribution in [3.63, 3.8) is 0 Å². The number of nitrogens with zero attached hydrogens (tertiary/aromatic N) is 2. The van der Waals surface area contributed by atoms with Crippen LogP contribution in [0.4, 0.5) is 9.18 Å². The molecular formula is C26H34FN3O4. The van der Waals surface area contributed by atoms with Gasteiger partial charge < -0.3 is 14.8 Å². The van der Waals surface area contributed by atoms with Crippen LogP contribution in [-0.4, -0.2) is 51.9 Å². The summed E-state index contributed by atoms with van der Waals surface area (Å²) in [5, 5.41) is 2.80. The Morgan fingerprint density at radius 1 is 1.18 bits per heavy atom. The molecule has 8 heteroatoms. The minimum absolute atomic E-state index is 0.225. The number of aromatic nitrogens is 1. The van der Waals surface area contributed by atoms with Gasteiger partial charge in [-0.1, -0.05) is 18.2 Å². The molecule has 3 rings (SSSR count). The number of carbonyl (C=O) groups excluding carboxylic acids is 2. The molecule has 2 atom stereocenters. The van der Waals surface area contributed by atoms with Gasteiger partial charge >= 0.3 is 6.09 Å². The summed E-state index contributed by atoms with van der Waals surface area (Å²) in [6.07, 6.45) is 1.05. The van der Waals surface area contributed by atoms with E-state index >= 15 is 0 Å². The predicted octanol–water partition coefficient (Wildman–Crippen LogP) is 4.50. The predicted molar refractivity (Wildman–Crippen MR) is 127 cm³/mol. The molecule has 2 aromatic rings. The smallest absolute Gasteiger partial charge is 0.412 e. The van der Waals surface area contributed by atoms with Gasteiger partial charge in [-0.2, -0.15) is 0 Å². The van der Waals surface area contributed by atoms with Crippen molar-refractivity contribution in [2.45, 2.75) is 77.9 Å². The minimum Gasteiger partial charge on any atom is -0.444 e. The van der Waals surface area contributed by atoms with Crippen LogP contribution in [0.15, 0.2) is 42.6 Å². The second kappa shape index (κ2) is 10.1. The highest BCUT2D eigenvalue weighted by atomic mass is 19.1. The summed E-state index contributed by atoms with van der Waals surface area (Å²) in [5.74, 6) is -0.576. The van der Waals surface area contributed by atoms with Gasteiger partial charge in [0.25, 0.3) is 5.91 Å². The third-order valence-electron chi connectivity index (χ3n) is 5.62. The molecule has 0 radical (unpaired) electrons. The van der Waals surface area contributed by atoms with Gasteiger partial charge in [0, 0.05) is 19.2 Å². The maximum Gasteiger partial charge on any atom is 0.412 e. The monoisotopic (exact) mass is 471 g/mol. The summed E-state index contributed by atoms with van der Waals surface area (Å²) in [7, 11) is 0. The van der Waals surface area contributed by atoms with Gasteiger partial charge in [0.2, 0.25) is 0 Å². The average molecular weight is 472 g/mol. The van der Waals surface area contributed by atoms with E-state index in [1.54, 1.807) is 76.0 Å². The Bertz CT molecular complexity index is 1030. The third-order valence-corrected chi connectivity index (χ3v) is 5.62. The van der Waals surface area contributed by atoms with Crippen molar-refractivity contribution in [3.05, 3.63) is 65.2 Å². The maximum atomic E-state index is 14.6. The summed E-state index contributed by atoms with van der Waals surface area (Å²) in [5.41, 5.74) is -0.244. The highest BCUT2D eigenvalue weighted by molar-refractivity contribution is 5.95. The SMILES string of the molecule is CCNC(=O)c1cccnc1C[C@@H]1OC(C)(C)N(C(=O)OC(C)(C)C)[C@@H]1Cc1ccccc1F. The Hall–Kier alpha value is -3.00. The van der Waals surface area contributed by atoms with Crippen molar-refractivity contribution in [1.29, 1.82) is 0 Å². The van der Waals surface area contributed by atoms with Crippen molar-refractivity contribution < 1.29 is 23.5 Å². The molecule has 2 amide bonds. The number of benzene rings is 1. The molecule has 1 N–H and O–H groups in total. The first-order chi connectivity index (χ1) is 15.9. The van der Waals surface area contributed by atoms with E-state index in [-0.39, 0.29) is 24.6 Å². The molecule has 1 fully saturated rings. The quantitative estimate of drug-likeness (QED) is 0.671. The summed E-state index contributed by atoms with van der Waals surface area (Å²) in [4.78, 5) is 31.8. The summed E-state index contributed by atoms with van der Waals surface area (Å²) in [6.45, 7) is 11.3. The second-order valence-electron chi connectivity index (χ2n) is 9.88. The van der Waals surface area contributed by atoms with Crippen molar-refractivity contribution in [1.82, 2.24) is 15.2 Å². The molecule has 0 saturated carbocycles. The number of pyridine rings is 1. The number of carbonyl (C=O) groups is 2. The molecule has 184 valence electrons. The van der Waals surface area contributed by atoms with Gasteiger partial charge in [0.1, 0.15) is 17.1 Å². The Labute approximate surface area is 200 Å². The molecule has 0 bridgehead atoms. The Morgan fingerprint density at radius 3 is 2.53 bits per heavy atom. The van der Waals surface area contributed by atoms with Crippen LogP contribution in [0, 0.1) is 5.82 Å². The molecule has 34 heavy (non-hydrogen) atoms. The fourth-order valence-electron chi connectivity index (χ4n) is 4.28. The van der Waals surface area contributed by atoms with Gasteiger partial charge in [0.15, 0.2) is 0 Å². The topological polar surface area (TPSA) is 80.8 Å². The zero-order valence-corrected chi connectivity index (χ0v) is 20.7. The van der Waals surface area contributed by atoms with Gasteiger partial charge in [0.05, 0.1) is 23.4 Å². The summed E-state index contributed by atoms with van der Waals surface area (Å²) in [6, 6.07) is 9.37. The number of nitrogens with one attached hydrogen (secondary N) is 1. The summed E-state index contributed by atoms with van der Waals surface area (Å²) >= 11 is 0. The third kappa shape index (κ3) is 5.91. The fourth-order valence-corrected chi connectivity index (χ4v) is 4.28. The highest BCUT2D eigenvalue weighted by Gasteiger charge is 2.51. The number of amides is 2. The van der Waals surface area contributed by atoms with Crippen LogP contribution in [0.2, 0.25) is 0 Å². The van der Waals surface area contributed by atoms with Crippen LogP contribution >= 0.6 is 0 Å². The van der Waals surface area contributed by atoms with Crippen LogP contribution in [0.5, 0.6) is 0 Å². The van der Waals surface area contributed by atoms with Gasteiger partial charge in [-0.05, 0) is 71.7 Å². The average Bonchev–Trinajstić information content (AvgIpc) is 2.98. The molecule has 1 aromatic heterocycles. The Morgan fingerprint density at radius 2 is 1.88 bits per heavy atom. The molecule has 1 aromatic carbocycles. The van der Waals surface area contributed by atoms with E-state index in [1.807, 2.05) is 6.92 Å². The van der Waals surface area contributed by atoms with Gasteiger partial charge in [-0.3, -0.25) is 14.7 Å². The number of ether oxygens (including phenoxy) is 2. The maximum absolute atomic E-state index is 14.6. The number of rotatable bonds is 6. The van der Waals surface area contributed by atoms with Crippen LogP contribution in [0.25, 0.3) is 0 Å². The lowest BCUT2D eigenvalue weighted by Gasteiger charge is -2.35. The zero-order valence-electron chi connectivity index (χ0n) is 20.7. The van der Waals surface area contributed by atoms with E-state index in [9.17, 15) is 14.0 Å². The second-order valence-corrected chi connectivity index (χ2v) is 9.88. The van der Waals surface area contributed by atoms with Gasteiger partial charge in [-0.15, -0.1) is 0 Å². The Kier molecular flexibility index (Phi) is 7.60. The normalized spacial score (nSPS) is 19.7. The summed E-state index contributed by atoms with van der Waals surface area (Å²) < 4.78 is 26.6. The molecule has 1 aliphatic heterocycles. The largest absolute Gasteiger partial charge is 0.444 e. The minimum atomic E-state index is -1.01. The number of hydrogen-bond acceptors (Lipinski definition) is 5. The van der Waals surface area contributed by atoms with Crippen LogP contribution in [0.1, 0.15) is 63.2 Å². The number of halogens is 1. The molecule has 0 aliphatic carbocycles. The van der Waals surface area contributed by atoms with Crippen molar-refractivity contribution in [2.24, 2.45) is 0 Å². The van der Waals surface area contributed by atoms with E-state index < -0.39 is 29.6 Å². The lowest BCUT2D eigenvalue weighted by molar-refractivity contribution is -0.0785. The molecule has 0 spiro atoms. The first kappa shape index (κ1) is 25.6. The molecular weight excluding hydrogens is 437 g/mol. The molecule has 1 aliphatic rings. The van der Waals surface area contributed by atoms with E-state index in [2.05, 4.69) is 10.3 Å². The van der Waals surface area contributed by atoms with Crippen molar-refractivity contribution in [3.8, 4) is 0 Å². The number of hydrogen-bond donors (Lipinski definition) is 1. The molecule has 0 unspecified atom stereocenters. The van der Waals surface area contributed by atoms with E-state index in [1.165, 1.54) is 6.07 Å². The van der Waals surface area contributed by atoms with E-state index in [0.717, 1.165) is 0 Å².